The average Bonchev–Trinajstić information content (AvgIpc) is 2.72. The number of aromatic nitrogens is 1. The summed E-state index contributed by atoms with van der Waals surface area (Å²) in [7, 11) is 0. The molecule has 0 aliphatic heterocycles. The zero-order valence-corrected chi connectivity index (χ0v) is 11.2. The molecule has 0 fully saturated rings. The molecule has 0 radical (unpaired) electrons. The summed E-state index contributed by atoms with van der Waals surface area (Å²) in [5.41, 5.74) is -0.445. The molecule has 1 N–H and O–H groups in total. The number of rotatable bonds is 3. The molecule has 20 heavy (non-hydrogen) atoms. The van der Waals surface area contributed by atoms with E-state index in [0.29, 0.717) is 11.1 Å². The lowest BCUT2D eigenvalue weighted by atomic mass is 10.0. The first-order chi connectivity index (χ1) is 9.25. The third-order valence-corrected chi connectivity index (χ3v) is 3.66. The number of thiazole rings is 1. The molecule has 1 aromatic carbocycles. The van der Waals surface area contributed by atoms with E-state index in [2.05, 4.69) is 4.98 Å². The summed E-state index contributed by atoms with van der Waals surface area (Å²) in [6.45, 7) is 1.77. The SMILES string of the molecule is Cc1csc(CC(O)c2cc(F)cc(C(F)(F)F)c2)n1. The van der Waals surface area contributed by atoms with Crippen molar-refractivity contribution in [3.8, 4) is 0 Å². The van der Waals surface area contributed by atoms with E-state index in [1.807, 2.05) is 0 Å². The Hall–Kier alpha value is -1.47. The second kappa shape index (κ2) is 5.49. The second-order valence-electron chi connectivity index (χ2n) is 4.37. The Labute approximate surface area is 116 Å². The average molecular weight is 305 g/mol. The van der Waals surface area contributed by atoms with E-state index in [1.54, 1.807) is 12.3 Å². The number of halogens is 4. The number of aryl methyl sites for hydroxylation is 1. The van der Waals surface area contributed by atoms with E-state index in [4.69, 9.17) is 0 Å². The molecule has 1 heterocycles. The minimum Gasteiger partial charge on any atom is -0.388 e. The van der Waals surface area contributed by atoms with E-state index in [9.17, 15) is 22.7 Å². The summed E-state index contributed by atoms with van der Waals surface area (Å²) in [5, 5.41) is 12.3. The van der Waals surface area contributed by atoms with Gasteiger partial charge in [-0.2, -0.15) is 13.2 Å². The fourth-order valence-electron chi connectivity index (χ4n) is 1.75. The van der Waals surface area contributed by atoms with Gasteiger partial charge in [0.1, 0.15) is 5.82 Å². The molecule has 0 aliphatic carbocycles. The topological polar surface area (TPSA) is 33.1 Å². The molecule has 1 aromatic heterocycles. The second-order valence-corrected chi connectivity index (χ2v) is 5.32. The van der Waals surface area contributed by atoms with Gasteiger partial charge in [-0.25, -0.2) is 9.37 Å². The molecular weight excluding hydrogens is 294 g/mol. The number of aliphatic hydroxyl groups excluding tert-OH is 1. The predicted molar refractivity (Wildman–Crippen MR) is 66.9 cm³/mol. The Morgan fingerprint density at radius 1 is 1.30 bits per heavy atom. The van der Waals surface area contributed by atoms with Gasteiger partial charge in [0.15, 0.2) is 0 Å². The van der Waals surface area contributed by atoms with E-state index in [0.717, 1.165) is 17.8 Å². The van der Waals surface area contributed by atoms with Crippen LogP contribution in [-0.4, -0.2) is 10.1 Å². The van der Waals surface area contributed by atoms with Crippen LogP contribution in [0.15, 0.2) is 23.6 Å². The molecular formula is C13H11F4NOS. The van der Waals surface area contributed by atoms with Crippen LogP contribution in [0.5, 0.6) is 0 Å². The van der Waals surface area contributed by atoms with Gasteiger partial charge in [-0.15, -0.1) is 11.3 Å². The minimum atomic E-state index is -4.64. The first kappa shape index (κ1) is 14.9. The van der Waals surface area contributed by atoms with Gasteiger partial charge in [0.05, 0.1) is 16.7 Å². The van der Waals surface area contributed by atoms with Crippen LogP contribution < -0.4 is 0 Å². The predicted octanol–water partition coefficient (Wildman–Crippen LogP) is 3.89. The third kappa shape index (κ3) is 3.55. The van der Waals surface area contributed by atoms with Crippen molar-refractivity contribution >= 4 is 11.3 Å². The van der Waals surface area contributed by atoms with Gasteiger partial charge in [0.2, 0.25) is 0 Å². The van der Waals surface area contributed by atoms with Crippen molar-refractivity contribution in [2.24, 2.45) is 0 Å². The summed E-state index contributed by atoms with van der Waals surface area (Å²) in [5.74, 6) is -1.02. The van der Waals surface area contributed by atoms with E-state index in [1.165, 1.54) is 11.3 Å². The lowest BCUT2D eigenvalue weighted by Crippen LogP contribution is -2.09. The molecule has 2 nitrogen and oxygen atoms in total. The lowest BCUT2D eigenvalue weighted by molar-refractivity contribution is -0.137. The molecule has 2 aromatic rings. The molecule has 108 valence electrons. The van der Waals surface area contributed by atoms with Gasteiger partial charge >= 0.3 is 6.18 Å². The van der Waals surface area contributed by atoms with E-state index >= 15 is 0 Å². The summed E-state index contributed by atoms with van der Waals surface area (Å²) >= 11 is 1.30. The van der Waals surface area contributed by atoms with Crippen LogP contribution >= 0.6 is 11.3 Å². The maximum absolute atomic E-state index is 13.2. The highest BCUT2D eigenvalue weighted by atomic mass is 32.1. The van der Waals surface area contributed by atoms with Gasteiger partial charge in [0.25, 0.3) is 0 Å². The summed E-state index contributed by atoms with van der Waals surface area (Å²) in [6, 6.07) is 2.07. The third-order valence-electron chi connectivity index (χ3n) is 2.67. The summed E-state index contributed by atoms with van der Waals surface area (Å²) < 4.78 is 51.0. The van der Waals surface area contributed by atoms with Crippen LogP contribution in [0.25, 0.3) is 0 Å². The zero-order chi connectivity index (χ0) is 14.9. The molecule has 0 saturated heterocycles. The van der Waals surface area contributed by atoms with Gasteiger partial charge in [-0.05, 0) is 30.7 Å². The maximum atomic E-state index is 13.2. The van der Waals surface area contributed by atoms with Crippen molar-refractivity contribution in [3.63, 3.8) is 0 Å². The van der Waals surface area contributed by atoms with Crippen LogP contribution in [0.3, 0.4) is 0 Å². The van der Waals surface area contributed by atoms with Crippen molar-refractivity contribution in [2.75, 3.05) is 0 Å². The monoisotopic (exact) mass is 305 g/mol. The highest BCUT2D eigenvalue weighted by Gasteiger charge is 2.32. The highest BCUT2D eigenvalue weighted by molar-refractivity contribution is 7.09. The minimum absolute atomic E-state index is 0.0548. The van der Waals surface area contributed by atoms with Gasteiger partial charge < -0.3 is 5.11 Å². The normalized spacial score (nSPS) is 13.5. The van der Waals surface area contributed by atoms with Crippen LogP contribution in [0, 0.1) is 12.7 Å². The molecule has 0 spiro atoms. The van der Waals surface area contributed by atoms with Gasteiger partial charge in [-0.3, -0.25) is 0 Å². The van der Waals surface area contributed by atoms with Crippen LogP contribution in [-0.2, 0) is 12.6 Å². The van der Waals surface area contributed by atoms with Crippen LogP contribution in [0.2, 0.25) is 0 Å². The Bertz CT molecular complexity index is 609. The smallest absolute Gasteiger partial charge is 0.388 e. The van der Waals surface area contributed by atoms with Crippen molar-refractivity contribution in [1.82, 2.24) is 4.98 Å². The Kier molecular flexibility index (Phi) is 4.10. The fourth-order valence-corrected chi connectivity index (χ4v) is 2.56. The van der Waals surface area contributed by atoms with Crippen molar-refractivity contribution in [2.45, 2.75) is 25.6 Å². The number of hydrogen-bond acceptors (Lipinski definition) is 3. The van der Waals surface area contributed by atoms with Crippen molar-refractivity contribution in [1.29, 1.82) is 0 Å². The standard InChI is InChI=1S/C13H11F4NOS/c1-7-6-20-12(18-7)5-11(19)8-2-9(13(15,16)17)4-10(14)3-8/h2-4,6,11,19H,5H2,1H3. The number of benzene rings is 1. The van der Waals surface area contributed by atoms with Gasteiger partial charge in [0, 0.05) is 17.5 Å². The summed E-state index contributed by atoms with van der Waals surface area (Å²) in [4.78, 5) is 4.11. The van der Waals surface area contributed by atoms with E-state index in [-0.39, 0.29) is 12.0 Å². The molecule has 0 saturated carbocycles. The summed E-state index contributed by atoms with van der Waals surface area (Å²) in [6.07, 6.45) is -5.81. The van der Waals surface area contributed by atoms with Crippen LogP contribution in [0.4, 0.5) is 17.6 Å². The molecule has 7 heteroatoms. The Morgan fingerprint density at radius 3 is 2.55 bits per heavy atom. The highest BCUT2D eigenvalue weighted by Crippen LogP contribution is 2.32. The first-order valence-corrected chi connectivity index (χ1v) is 6.60. The molecule has 2 rings (SSSR count). The maximum Gasteiger partial charge on any atom is 0.416 e. The largest absolute Gasteiger partial charge is 0.416 e. The quantitative estimate of drug-likeness (QED) is 0.873. The number of aliphatic hydroxyl groups is 1. The molecule has 1 unspecified atom stereocenters. The lowest BCUT2D eigenvalue weighted by Gasteiger charge is -2.13. The van der Waals surface area contributed by atoms with Crippen LogP contribution in [0.1, 0.15) is 27.9 Å². The molecule has 0 aliphatic rings. The molecule has 0 amide bonds. The van der Waals surface area contributed by atoms with Crippen molar-refractivity contribution in [3.05, 3.63) is 51.2 Å². The Morgan fingerprint density at radius 2 is 2.00 bits per heavy atom. The van der Waals surface area contributed by atoms with Crippen molar-refractivity contribution < 1.29 is 22.7 Å². The van der Waals surface area contributed by atoms with Gasteiger partial charge in [-0.1, -0.05) is 0 Å². The molecule has 1 atom stereocenters. The number of nitrogens with zero attached hydrogens (tertiary/aromatic N) is 1. The fraction of sp³-hybridized carbons (Fsp3) is 0.308. The zero-order valence-electron chi connectivity index (χ0n) is 10.4. The Balaban J connectivity index is 2.25. The van der Waals surface area contributed by atoms with E-state index < -0.39 is 23.7 Å². The number of alkyl halides is 3. The first-order valence-electron chi connectivity index (χ1n) is 5.72. The molecule has 0 bridgehead atoms. The number of hydrogen-bond donors (Lipinski definition) is 1.